The van der Waals surface area contributed by atoms with Crippen LogP contribution in [0.4, 0.5) is 0 Å². The maximum Gasteiger partial charge on any atom is 0.00502 e. The Bertz CT molecular complexity index is 190. The molecular formula is C18H36S. The highest BCUT2D eigenvalue weighted by Crippen LogP contribution is 2.38. The van der Waals surface area contributed by atoms with E-state index in [1.165, 1.54) is 89.9 Å². The first-order valence-corrected chi connectivity index (χ1v) is 9.96. The van der Waals surface area contributed by atoms with Crippen LogP contribution >= 0.6 is 11.8 Å². The average molecular weight is 285 g/mol. The molecule has 19 heavy (non-hydrogen) atoms. The second-order valence-corrected chi connectivity index (χ2v) is 7.94. The molecule has 0 aromatic rings. The molecule has 0 radical (unpaired) electrons. The lowest BCUT2D eigenvalue weighted by Gasteiger charge is -2.09. The van der Waals surface area contributed by atoms with Crippen molar-refractivity contribution in [3.8, 4) is 0 Å². The Kier molecular flexibility index (Phi) is 11.1. The topological polar surface area (TPSA) is 0 Å². The maximum atomic E-state index is 2.35. The van der Waals surface area contributed by atoms with Crippen molar-refractivity contribution in [2.24, 2.45) is 0 Å². The molecule has 0 nitrogen and oxygen atoms in total. The van der Waals surface area contributed by atoms with E-state index in [-0.39, 0.29) is 0 Å². The van der Waals surface area contributed by atoms with Gasteiger partial charge in [0, 0.05) is 10.5 Å². The van der Waals surface area contributed by atoms with Gasteiger partial charge < -0.3 is 0 Å². The number of thioether (sulfide) groups is 1. The molecule has 0 saturated carbocycles. The highest BCUT2D eigenvalue weighted by molar-refractivity contribution is 8.00. The minimum Gasteiger partial charge on any atom is -0.155 e. The third-order valence-corrected chi connectivity index (χ3v) is 6.34. The van der Waals surface area contributed by atoms with Crippen molar-refractivity contribution in [1.82, 2.24) is 0 Å². The monoisotopic (exact) mass is 284 g/mol. The number of hydrogen-bond donors (Lipinski definition) is 0. The average Bonchev–Trinajstić information content (AvgIpc) is 2.89. The van der Waals surface area contributed by atoms with Crippen LogP contribution in [0.5, 0.6) is 0 Å². The maximum absolute atomic E-state index is 2.35. The van der Waals surface area contributed by atoms with E-state index in [0.717, 1.165) is 10.5 Å². The van der Waals surface area contributed by atoms with E-state index < -0.39 is 0 Å². The molecule has 114 valence electrons. The van der Waals surface area contributed by atoms with Gasteiger partial charge in [-0.3, -0.25) is 0 Å². The van der Waals surface area contributed by atoms with Gasteiger partial charge in [-0.15, -0.1) is 0 Å². The lowest BCUT2D eigenvalue weighted by Crippen LogP contribution is -1.97. The van der Waals surface area contributed by atoms with Gasteiger partial charge in [0.25, 0.3) is 0 Å². The second-order valence-electron chi connectivity index (χ2n) is 6.34. The molecule has 1 saturated heterocycles. The van der Waals surface area contributed by atoms with Crippen LogP contribution < -0.4 is 0 Å². The summed E-state index contributed by atoms with van der Waals surface area (Å²) < 4.78 is 0. The van der Waals surface area contributed by atoms with Gasteiger partial charge in [0.15, 0.2) is 0 Å². The molecule has 0 spiro atoms. The van der Waals surface area contributed by atoms with Crippen molar-refractivity contribution >= 4 is 11.8 Å². The van der Waals surface area contributed by atoms with Crippen molar-refractivity contribution in [1.29, 1.82) is 0 Å². The molecule has 0 bridgehead atoms. The quantitative estimate of drug-likeness (QED) is 0.349. The SMILES string of the molecule is CCCCCCCCCCCCC1CCC(CC)S1. The molecule has 1 rings (SSSR count). The Morgan fingerprint density at radius 2 is 1.21 bits per heavy atom. The van der Waals surface area contributed by atoms with Gasteiger partial charge in [-0.1, -0.05) is 78.1 Å². The van der Waals surface area contributed by atoms with Crippen LogP contribution in [0.2, 0.25) is 0 Å². The molecule has 0 amide bonds. The van der Waals surface area contributed by atoms with Crippen molar-refractivity contribution < 1.29 is 0 Å². The van der Waals surface area contributed by atoms with E-state index in [1.54, 1.807) is 0 Å². The molecule has 1 aliphatic heterocycles. The highest BCUT2D eigenvalue weighted by atomic mass is 32.2. The Balaban J connectivity index is 1.77. The van der Waals surface area contributed by atoms with Crippen LogP contribution in [-0.4, -0.2) is 10.5 Å². The summed E-state index contributed by atoms with van der Waals surface area (Å²) >= 11 is 2.29. The molecule has 0 N–H and O–H groups in total. The van der Waals surface area contributed by atoms with Crippen LogP contribution in [-0.2, 0) is 0 Å². The third-order valence-electron chi connectivity index (χ3n) is 4.53. The first kappa shape index (κ1) is 17.4. The van der Waals surface area contributed by atoms with E-state index in [4.69, 9.17) is 0 Å². The Hall–Kier alpha value is 0.350. The van der Waals surface area contributed by atoms with Crippen molar-refractivity contribution in [3.05, 3.63) is 0 Å². The van der Waals surface area contributed by atoms with Gasteiger partial charge in [-0.2, -0.15) is 11.8 Å². The normalized spacial score (nSPS) is 23.1. The number of hydrogen-bond acceptors (Lipinski definition) is 1. The first-order chi connectivity index (χ1) is 9.36. The fourth-order valence-corrected chi connectivity index (χ4v) is 4.74. The summed E-state index contributed by atoms with van der Waals surface area (Å²) in [6.45, 7) is 4.64. The van der Waals surface area contributed by atoms with Crippen LogP contribution in [0.25, 0.3) is 0 Å². The molecule has 0 aliphatic carbocycles. The Morgan fingerprint density at radius 1 is 0.684 bits per heavy atom. The summed E-state index contributed by atoms with van der Waals surface area (Å²) in [5.74, 6) is 0. The van der Waals surface area contributed by atoms with Gasteiger partial charge in [0.2, 0.25) is 0 Å². The van der Waals surface area contributed by atoms with Gasteiger partial charge in [0.1, 0.15) is 0 Å². The Morgan fingerprint density at radius 3 is 1.74 bits per heavy atom. The first-order valence-electron chi connectivity index (χ1n) is 9.02. The molecule has 1 heterocycles. The zero-order valence-corrected chi connectivity index (χ0v) is 14.3. The van der Waals surface area contributed by atoms with Crippen LogP contribution in [0, 0.1) is 0 Å². The van der Waals surface area contributed by atoms with E-state index in [1.807, 2.05) is 0 Å². The molecule has 1 heteroatoms. The fraction of sp³-hybridized carbons (Fsp3) is 1.00. The standard InChI is InChI=1S/C18H36S/c1-3-5-6-7-8-9-10-11-12-13-14-18-16-15-17(4-2)19-18/h17-18H,3-16H2,1-2H3. The largest absolute Gasteiger partial charge is 0.155 e. The Labute approximate surface area is 126 Å². The summed E-state index contributed by atoms with van der Waals surface area (Å²) in [5.41, 5.74) is 0. The predicted molar refractivity (Wildman–Crippen MR) is 91.2 cm³/mol. The third kappa shape index (κ3) is 9.00. The summed E-state index contributed by atoms with van der Waals surface area (Å²) in [5, 5.41) is 2.01. The highest BCUT2D eigenvalue weighted by Gasteiger charge is 2.22. The number of unbranched alkanes of at least 4 members (excludes halogenated alkanes) is 9. The lowest BCUT2D eigenvalue weighted by atomic mass is 10.0. The molecule has 2 atom stereocenters. The van der Waals surface area contributed by atoms with Crippen LogP contribution in [0.15, 0.2) is 0 Å². The zero-order valence-electron chi connectivity index (χ0n) is 13.5. The summed E-state index contributed by atoms with van der Waals surface area (Å²) in [6.07, 6.45) is 20.6. The molecular weight excluding hydrogens is 248 g/mol. The van der Waals surface area contributed by atoms with E-state index >= 15 is 0 Å². The lowest BCUT2D eigenvalue weighted by molar-refractivity contribution is 0.543. The van der Waals surface area contributed by atoms with Crippen molar-refractivity contribution in [3.63, 3.8) is 0 Å². The molecule has 0 aromatic carbocycles. The second kappa shape index (κ2) is 12.1. The number of rotatable bonds is 12. The minimum absolute atomic E-state index is 0.994. The van der Waals surface area contributed by atoms with E-state index in [0.29, 0.717) is 0 Å². The van der Waals surface area contributed by atoms with E-state index in [9.17, 15) is 0 Å². The summed E-state index contributed by atoms with van der Waals surface area (Å²) in [7, 11) is 0. The molecule has 2 unspecified atom stereocenters. The summed E-state index contributed by atoms with van der Waals surface area (Å²) in [4.78, 5) is 0. The van der Waals surface area contributed by atoms with Gasteiger partial charge in [-0.05, 0) is 25.7 Å². The summed E-state index contributed by atoms with van der Waals surface area (Å²) in [6, 6.07) is 0. The van der Waals surface area contributed by atoms with Crippen molar-refractivity contribution in [2.45, 2.75) is 114 Å². The zero-order chi connectivity index (χ0) is 13.8. The van der Waals surface area contributed by atoms with Gasteiger partial charge in [0.05, 0.1) is 0 Å². The smallest absolute Gasteiger partial charge is 0.00502 e. The molecule has 1 fully saturated rings. The van der Waals surface area contributed by atoms with E-state index in [2.05, 4.69) is 25.6 Å². The van der Waals surface area contributed by atoms with Crippen molar-refractivity contribution in [2.75, 3.05) is 0 Å². The predicted octanol–water partition coefficient (Wildman–Crippen LogP) is 6.97. The molecule has 0 aromatic heterocycles. The van der Waals surface area contributed by atoms with Crippen LogP contribution in [0.1, 0.15) is 104 Å². The molecule has 1 aliphatic rings. The fourth-order valence-electron chi connectivity index (χ4n) is 3.15. The van der Waals surface area contributed by atoms with Gasteiger partial charge >= 0.3 is 0 Å². The minimum atomic E-state index is 0.994. The van der Waals surface area contributed by atoms with Crippen LogP contribution in [0.3, 0.4) is 0 Å². The van der Waals surface area contributed by atoms with Gasteiger partial charge in [-0.25, -0.2) is 0 Å².